The van der Waals surface area contributed by atoms with Crippen LogP contribution >= 0.6 is 24.2 Å². The van der Waals surface area contributed by atoms with Crippen molar-refractivity contribution < 1.29 is 4.52 Å². The van der Waals surface area contributed by atoms with Crippen molar-refractivity contribution in [2.75, 3.05) is 7.05 Å². The van der Waals surface area contributed by atoms with Gasteiger partial charge in [0.15, 0.2) is 5.82 Å². The van der Waals surface area contributed by atoms with Gasteiger partial charge < -0.3 is 14.2 Å². The summed E-state index contributed by atoms with van der Waals surface area (Å²) in [5, 5.41) is 7.18. The fraction of sp³-hybridized carbons (Fsp3) is 0.438. The van der Waals surface area contributed by atoms with Crippen LogP contribution in [-0.4, -0.2) is 32.6 Å². The number of thioether (sulfide) groups is 1. The van der Waals surface area contributed by atoms with Crippen LogP contribution in [0.15, 0.2) is 29.0 Å². The van der Waals surface area contributed by atoms with Gasteiger partial charge in [0.2, 0.25) is 5.89 Å². The minimum Gasteiger partial charge on any atom is -0.338 e. The molecule has 0 fully saturated rings. The summed E-state index contributed by atoms with van der Waals surface area (Å²) in [6, 6.07) is 4.46. The topological polar surface area (TPSA) is 68.2 Å². The molecule has 130 valence electrons. The Balaban J connectivity index is 0.00000208. The highest BCUT2D eigenvalue weighted by Crippen LogP contribution is 2.17. The van der Waals surface area contributed by atoms with Gasteiger partial charge in [0.25, 0.3) is 0 Å². The first-order chi connectivity index (χ1) is 11.1. The van der Waals surface area contributed by atoms with Crippen LogP contribution in [0.5, 0.6) is 0 Å². The highest BCUT2D eigenvalue weighted by Gasteiger charge is 2.10. The number of rotatable bonds is 7. The summed E-state index contributed by atoms with van der Waals surface area (Å²) in [5.41, 5.74) is 3.26. The molecule has 0 aromatic carbocycles. The molecule has 0 saturated heterocycles. The molecular formula is C16H22ClN5OS. The third kappa shape index (κ3) is 4.72. The smallest absolute Gasteiger partial charge is 0.236 e. The maximum atomic E-state index is 5.29. The largest absolute Gasteiger partial charge is 0.338 e. The summed E-state index contributed by atoms with van der Waals surface area (Å²) in [6.07, 6.45) is 4.93. The van der Waals surface area contributed by atoms with Gasteiger partial charge in [-0.25, -0.2) is 4.98 Å². The number of halogens is 1. The zero-order valence-corrected chi connectivity index (χ0v) is 15.7. The second-order valence-corrected chi connectivity index (χ2v) is 6.68. The van der Waals surface area contributed by atoms with Gasteiger partial charge in [0.05, 0.1) is 11.4 Å². The number of likely N-dealkylation sites (N-methyl/N-ethyl adjacent to an activating group) is 1. The van der Waals surface area contributed by atoms with E-state index in [1.165, 1.54) is 5.56 Å². The minimum absolute atomic E-state index is 0. The van der Waals surface area contributed by atoms with Crippen molar-refractivity contribution in [2.45, 2.75) is 37.8 Å². The SMILES string of the molecule is CNC(C)Cc1noc(CSCc2cn3cc(C)ccc3n2)n1.Cl. The Morgan fingerprint density at radius 3 is 2.88 bits per heavy atom. The number of imidazole rings is 1. The van der Waals surface area contributed by atoms with Crippen molar-refractivity contribution in [3.63, 3.8) is 0 Å². The van der Waals surface area contributed by atoms with Crippen molar-refractivity contribution in [3.05, 3.63) is 47.5 Å². The van der Waals surface area contributed by atoms with Gasteiger partial charge in [-0.05, 0) is 32.5 Å². The van der Waals surface area contributed by atoms with E-state index in [2.05, 4.69) is 57.1 Å². The van der Waals surface area contributed by atoms with E-state index in [0.717, 1.165) is 29.3 Å². The summed E-state index contributed by atoms with van der Waals surface area (Å²) >= 11 is 1.73. The number of fused-ring (bicyclic) bond motifs is 1. The molecule has 24 heavy (non-hydrogen) atoms. The molecule has 0 aliphatic carbocycles. The van der Waals surface area contributed by atoms with Gasteiger partial charge in [0.1, 0.15) is 5.65 Å². The van der Waals surface area contributed by atoms with E-state index in [1.54, 1.807) is 11.8 Å². The Morgan fingerprint density at radius 2 is 2.08 bits per heavy atom. The van der Waals surface area contributed by atoms with Crippen LogP contribution in [-0.2, 0) is 17.9 Å². The Morgan fingerprint density at radius 1 is 1.25 bits per heavy atom. The summed E-state index contributed by atoms with van der Waals surface area (Å²) in [5.74, 6) is 2.96. The zero-order chi connectivity index (χ0) is 16.2. The van der Waals surface area contributed by atoms with Crippen LogP contribution in [0.4, 0.5) is 0 Å². The molecule has 0 aliphatic heterocycles. The predicted octanol–water partition coefficient (Wildman–Crippen LogP) is 3.03. The molecule has 8 heteroatoms. The number of hydrogen-bond acceptors (Lipinski definition) is 6. The molecule has 6 nitrogen and oxygen atoms in total. The van der Waals surface area contributed by atoms with Gasteiger partial charge in [-0.1, -0.05) is 11.2 Å². The molecule has 3 aromatic heterocycles. The molecule has 0 amide bonds. The van der Waals surface area contributed by atoms with Crippen molar-refractivity contribution in [1.29, 1.82) is 0 Å². The maximum absolute atomic E-state index is 5.29. The van der Waals surface area contributed by atoms with E-state index in [-0.39, 0.29) is 12.4 Å². The lowest BCUT2D eigenvalue weighted by molar-refractivity contribution is 0.382. The molecule has 1 atom stereocenters. The molecular weight excluding hydrogens is 346 g/mol. The molecule has 0 radical (unpaired) electrons. The van der Waals surface area contributed by atoms with E-state index in [0.29, 0.717) is 17.7 Å². The summed E-state index contributed by atoms with van der Waals surface area (Å²) < 4.78 is 7.35. The van der Waals surface area contributed by atoms with E-state index >= 15 is 0 Å². The first-order valence-electron chi connectivity index (χ1n) is 7.65. The van der Waals surface area contributed by atoms with Crippen LogP contribution in [0.25, 0.3) is 5.65 Å². The first kappa shape index (κ1) is 18.8. The second kappa shape index (κ2) is 8.50. The van der Waals surface area contributed by atoms with E-state index in [4.69, 9.17) is 4.52 Å². The summed E-state index contributed by atoms with van der Waals surface area (Å²) in [6.45, 7) is 4.17. The van der Waals surface area contributed by atoms with Crippen molar-refractivity contribution >= 4 is 29.8 Å². The quantitative estimate of drug-likeness (QED) is 0.692. The molecule has 0 saturated carbocycles. The Bertz CT molecular complexity index is 788. The Kier molecular flexibility index (Phi) is 6.65. The normalized spacial score (nSPS) is 12.3. The Labute approximate surface area is 151 Å². The van der Waals surface area contributed by atoms with E-state index in [1.807, 2.05) is 13.1 Å². The van der Waals surface area contributed by atoms with E-state index in [9.17, 15) is 0 Å². The first-order valence-corrected chi connectivity index (χ1v) is 8.80. The number of aromatic nitrogens is 4. The number of aryl methyl sites for hydroxylation is 1. The third-order valence-electron chi connectivity index (χ3n) is 3.62. The highest BCUT2D eigenvalue weighted by molar-refractivity contribution is 7.97. The third-order valence-corrected chi connectivity index (χ3v) is 4.57. The Hall–Kier alpha value is -1.57. The van der Waals surface area contributed by atoms with Crippen LogP contribution in [0.2, 0.25) is 0 Å². The zero-order valence-electron chi connectivity index (χ0n) is 14.0. The van der Waals surface area contributed by atoms with Gasteiger partial charge in [-0.15, -0.1) is 24.2 Å². The van der Waals surface area contributed by atoms with Crippen LogP contribution in [0, 0.1) is 6.92 Å². The predicted molar refractivity (Wildman–Crippen MR) is 98.7 cm³/mol. The molecule has 0 aliphatic rings. The van der Waals surface area contributed by atoms with Gasteiger partial charge in [-0.3, -0.25) is 0 Å². The van der Waals surface area contributed by atoms with Gasteiger partial charge >= 0.3 is 0 Å². The molecule has 3 rings (SSSR count). The molecule has 0 bridgehead atoms. The molecule has 3 heterocycles. The lowest BCUT2D eigenvalue weighted by Gasteiger charge is -2.04. The van der Waals surface area contributed by atoms with Crippen molar-refractivity contribution in [3.8, 4) is 0 Å². The molecule has 1 unspecified atom stereocenters. The van der Waals surface area contributed by atoms with Gasteiger partial charge in [0, 0.05) is 30.6 Å². The van der Waals surface area contributed by atoms with Gasteiger partial charge in [-0.2, -0.15) is 4.98 Å². The summed E-state index contributed by atoms with van der Waals surface area (Å²) in [4.78, 5) is 9.03. The summed E-state index contributed by atoms with van der Waals surface area (Å²) in [7, 11) is 1.93. The van der Waals surface area contributed by atoms with Crippen molar-refractivity contribution in [2.24, 2.45) is 0 Å². The number of pyridine rings is 1. The number of hydrogen-bond donors (Lipinski definition) is 1. The monoisotopic (exact) mass is 367 g/mol. The molecule has 0 spiro atoms. The fourth-order valence-electron chi connectivity index (χ4n) is 2.28. The van der Waals surface area contributed by atoms with Crippen LogP contribution in [0.3, 0.4) is 0 Å². The number of nitrogens with zero attached hydrogens (tertiary/aromatic N) is 4. The maximum Gasteiger partial charge on any atom is 0.236 e. The lowest BCUT2D eigenvalue weighted by Crippen LogP contribution is -2.24. The lowest BCUT2D eigenvalue weighted by atomic mass is 10.2. The highest BCUT2D eigenvalue weighted by atomic mass is 35.5. The standard InChI is InChI=1S/C16H21N5OS.ClH/c1-11-4-5-15-18-13(8-21(15)7-11)9-23-10-16-19-14(20-22-16)6-12(2)17-3;/h4-5,7-8,12,17H,6,9-10H2,1-3H3;1H. The molecule has 1 N–H and O–H groups in total. The average molecular weight is 368 g/mol. The second-order valence-electron chi connectivity index (χ2n) is 5.70. The van der Waals surface area contributed by atoms with Crippen LogP contribution in [0.1, 0.15) is 29.9 Å². The average Bonchev–Trinajstić information content (AvgIpc) is 3.13. The van der Waals surface area contributed by atoms with Crippen LogP contribution < -0.4 is 5.32 Å². The fourth-order valence-corrected chi connectivity index (χ4v) is 3.02. The van der Waals surface area contributed by atoms with Crippen molar-refractivity contribution in [1.82, 2.24) is 24.8 Å². The molecule has 3 aromatic rings. The number of nitrogens with one attached hydrogen (secondary N) is 1. The minimum atomic E-state index is 0. The van der Waals surface area contributed by atoms with E-state index < -0.39 is 0 Å².